The lowest BCUT2D eigenvalue weighted by Crippen LogP contribution is -2.55. The molecular weight excluding hydrogens is 400 g/mol. The van der Waals surface area contributed by atoms with Crippen LogP contribution in [0.2, 0.25) is 4.34 Å². The molecule has 0 bridgehead atoms. The zero-order valence-electron chi connectivity index (χ0n) is 15.9. The average Bonchev–Trinajstić information content (AvgIpc) is 3.36. The molecule has 1 aliphatic carbocycles. The number of amides is 4. The molecule has 0 radical (unpaired) electrons. The molecule has 3 fully saturated rings. The highest BCUT2D eigenvalue weighted by Gasteiger charge is 2.54. The minimum absolute atomic E-state index is 0.155. The second-order valence-electron chi connectivity index (χ2n) is 7.88. The number of carbonyl (C=O) groups excluding carboxylic acids is 3. The standard InChI is InChI=1S/C19H25ClN4O3S/c1-13(24-17(26)19(21-18(24)27)6-2-3-7-19)16(25)23-10-8-22(9-11-23)12-14-4-5-15(20)28-14/h4-5,13H,2-3,6-12H2,1H3,(H,21,27). The van der Waals surface area contributed by atoms with Crippen LogP contribution < -0.4 is 5.32 Å². The lowest BCUT2D eigenvalue weighted by atomic mass is 9.97. The normalized spacial score (nSPS) is 23.5. The molecule has 9 heteroatoms. The first-order valence-electron chi connectivity index (χ1n) is 9.81. The van der Waals surface area contributed by atoms with Crippen molar-refractivity contribution in [3.63, 3.8) is 0 Å². The third-order valence-electron chi connectivity index (χ3n) is 6.09. The number of piperazine rings is 1. The lowest BCUT2D eigenvalue weighted by Gasteiger charge is -2.36. The number of rotatable bonds is 4. The monoisotopic (exact) mass is 424 g/mol. The molecule has 1 spiro atoms. The fourth-order valence-electron chi connectivity index (χ4n) is 4.47. The molecule has 1 unspecified atom stereocenters. The van der Waals surface area contributed by atoms with Crippen LogP contribution in [0.3, 0.4) is 0 Å². The van der Waals surface area contributed by atoms with Crippen molar-refractivity contribution in [3.05, 3.63) is 21.3 Å². The van der Waals surface area contributed by atoms with Crippen LogP contribution in [0.1, 0.15) is 37.5 Å². The number of nitrogens with one attached hydrogen (secondary N) is 1. The van der Waals surface area contributed by atoms with Crippen LogP contribution >= 0.6 is 22.9 Å². The van der Waals surface area contributed by atoms with Gasteiger partial charge < -0.3 is 10.2 Å². The van der Waals surface area contributed by atoms with Gasteiger partial charge in [-0.15, -0.1) is 11.3 Å². The Hall–Kier alpha value is -1.64. The minimum Gasteiger partial charge on any atom is -0.338 e. The summed E-state index contributed by atoms with van der Waals surface area (Å²) >= 11 is 7.57. The van der Waals surface area contributed by atoms with E-state index in [2.05, 4.69) is 10.2 Å². The van der Waals surface area contributed by atoms with Crippen LogP contribution in [-0.4, -0.2) is 70.3 Å². The van der Waals surface area contributed by atoms with Gasteiger partial charge in [0, 0.05) is 37.6 Å². The Kier molecular flexibility index (Phi) is 5.37. The molecule has 1 saturated carbocycles. The van der Waals surface area contributed by atoms with Crippen molar-refractivity contribution in [1.29, 1.82) is 0 Å². The summed E-state index contributed by atoms with van der Waals surface area (Å²) in [5.74, 6) is -0.388. The molecule has 1 aromatic heterocycles. The van der Waals surface area contributed by atoms with E-state index in [1.54, 1.807) is 23.2 Å². The van der Waals surface area contributed by atoms with Crippen molar-refractivity contribution < 1.29 is 14.4 Å². The van der Waals surface area contributed by atoms with Crippen molar-refractivity contribution in [2.75, 3.05) is 26.2 Å². The number of urea groups is 1. The number of carbonyl (C=O) groups is 3. The quantitative estimate of drug-likeness (QED) is 0.753. The van der Waals surface area contributed by atoms with Gasteiger partial charge in [0.1, 0.15) is 11.6 Å². The van der Waals surface area contributed by atoms with E-state index >= 15 is 0 Å². The number of thiophene rings is 1. The van der Waals surface area contributed by atoms with Gasteiger partial charge in [0.2, 0.25) is 5.91 Å². The van der Waals surface area contributed by atoms with E-state index in [0.29, 0.717) is 25.9 Å². The zero-order valence-corrected chi connectivity index (χ0v) is 17.5. The molecule has 2 aliphatic heterocycles. The van der Waals surface area contributed by atoms with Gasteiger partial charge in [0.05, 0.1) is 4.34 Å². The van der Waals surface area contributed by atoms with E-state index in [1.165, 1.54) is 4.88 Å². The van der Waals surface area contributed by atoms with E-state index in [1.807, 2.05) is 12.1 Å². The SMILES string of the molecule is CC(C(=O)N1CCN(Cc2ccc(Cl)s2)CC1)N1C(=O)NC2(CCCC2)C1=O. The zero-order chi connectivity index (χ0) is 19.9. The van der Waals surface area contributed by atoms with Crippen LogP contribution in [0.15, 0.2) is 12.1 Å². The predicted octanol–water partition coefficient (Wildman–Crippen LogP) is 2.30. The van der Waals surface area contributed by atoms with E-state index in [-0.39, 0.29) is 11.8 Å². The Bertz CT molecular complexity index is 784. The van der Waals surface area contributed by atoms with Gasteiger partial charge in [0.25, 0.3) is 5.91 Å². The fourth-order valence-corrected chi connectivity index (χ4v) is 5.60. The maximum Gasteiger partial charge on any atom is 0.325 e. The van der Waals surface area contributed by atoms with Crippen molar-refractivity contribution in [2.45, 2.75) is 50.7 Å². The third kappa shape index (κ3) is 3.53. The van der Waals surface area contributed by atoms with E-state index in [0.717, 1.165) is 41.7 Å². The summed E-state index contributed by atoms with van der Waals surface area (Å²) in [7, 11) is 0. The molecule has 1 atom stereocenters. The molecule has 1 aromatic rings. The topological polar surface area (TPSA) is 73.0 Å². The van der Waals surface area contributed by atoms with Gasteiger partial charge in [-0.3, -0.25) is 14.5 Å². The van der Waals surface area contributed by atoms with Crippen LogP contribution in [-0.2, 0) is 16.1 Å². The molecule has 3 heterocycles. The molecular formula is C19H25ClN4O3S. The maximum atomic E-state index is 13.0. The molecule has 152 valence electrons. The van der Waals surface area contributed by atoms with Crippen LogP contribution in [0.4, 0.5) is 4.79 Å². The average molecular weight is 425 g/mol. The van der Waals surface area contributed by atoms with Crippen molar-refractivity contribution >= 4 is 40.8 Å². The van der Waals surface area contributed by atoms with Gasteiger partial charge in [-0.05, 0) is 31.9 Å². The third-order valence-corrected chi connectivity index (χ3v) is 7.30. The molecule has 3 aliphatic rings. The molecule has 4 amide bonds. The molecule has 1 N–H and O–H groups in total. The number of imide groups is 1. The van der Waals surface area contributed by atoms with E-state index in [4.69, 9.17) is 11.6 Å². The van der Waals surface area contributed by atoms with E-state index in [9.17, 15) is 14.4 Å². The summed E-state index contributed by atoms with van der Waals surface area (Å²) in [6, 6.07) is 2.73. The Morgan fingerprint density at radius 1 is 1.21 bits per heavy atom. The Morgan fingerprint density at radius 3 is 2.50 bits per heavy atom. The van der Waals surface area contributed by atoms with Crippen LogP contribution in [0, 0.1) is 0 Å². The Morgan fingerprint density at radius 2 is 1.89 bits per heavy atom. The highest BCUT2D eigenvalue weighted by atomic mass is 35.5. The van der Waals surface area contributed by atoms with Crippen molar-refractivity contribution in [1.82, 2.24) is 20.0 Å². The first-order valence-corrected chi connectivity index (χ1v) is 11.0. The first-order chi connectivity index (χ1) is 13.4. The minimum atomic E-state index is -0.772. The van der Waals surface area contributed by atoms with E-state index < -0.39 is 17.6 Å². The highest BCUT2D eigenvalue weighted by molar-refractivity contribution is 7.16. The van der Waals surface area contributed by atoms with Gasteiger partial charge in [-0.2, -0.15) is 0 Å². The molecule has 28 heavy (non-hydrogen) atoms. The van der Waals surface area contributed by atoms with Gasteiger partial charge >= 0.3 is 6.03 Å². The number of hydrogen-bond donors (Lipinski definition) is 1. The van der Waals surface area contributed by atoms with Crippen LogP contribution in [0.25, 0.3) is 0 Å². The van der Waals surface area contributed by atoms with Crippen LogP contribution in [0.5, 0.6) is 0 Å². The van der Waals surface area contributed by atoms with Gasteiger partial charge in [-0.25, -0.2) is 9.69 Å². The fraction of sp³-hybridized carbons (Fsp3) is 0.632. The van der Waals surface area contributed by atoms with Crippen molar-refractivity contribution in [3.8, 4) is 0 Å². The van der Waals surface area contributed by atoms with Crippen molar-refractivity contribution in [2.24, 2.45) is 0 Å². The summed E-state index contributed by atoms with van der Waals surface area (Å²) in [5, 5.41) is 2.85. The summed E-state index contributed by atoms with van der Waals surface area (Å²) in [6.45, 7) is 5.20. The summed E-state index contributed by atoms with van der Waals surface area (Å²) in [5.41, 5.74) is -0.772. The second kappa shape index (κ2) is 7.65. The Balaban J connectivity index is 1.34. The highest BCUT2D eigenvalue weighted by Crippen LogP contribution is 2.36. The van der Waals surface area contributed by atoms with Gasteiger partial charge in [0.15, 0.2) is 0 Å². The largest absolute Gasteiger partial charge is 0.338 e. The Labute approximate surface area is 173 Å². The van der Waals surface area contributed by atoms with Gasteiger partial charge in [-0.1, -0.05) is 24.4 Å². The number of halogens is 1. The summed E-state index contributed by atoms with van der Waals surface area (Å²) in [6.07, 6.45) is 3.19. The maximum absolute atomic E-state index is 13.0. The molecule has 0 aromatic carbocycles. The smallest absolute Gasteiger partial charge is 0.325 e. The molecule has 7 nitrogen and oxygen atoms in total. The molecule has 4 rings (SSSR count). The summed E-state index contributed by atoms with van der Waals surface area (Å²) in [4.78, 5) is 44.7. The number of hydrogen-bond acceptors (Lipinski definition) is 5. The first kappa shape index (κ1) is 19.7. The predicted molar refractivity (Wildman–Crippen MR) is 107 cm³/mol. The lowest BCUT2D eigenvalue weighted by molar-refractivity contribution is -0.144. The number of nitrogens with zero attached hydrogens (tertiary/aromatic N) is 3. The molecule has 2 saturated heterocycles. The summed E-state index contributed by atoms with van der Waals surface area (Å²) < 4.78 is 0.784. The second-order valence-corrected chi connectivity index (χ2v) is 9.68.